The van der Waals surface area contributed by atoms with Crippen molar-refractivity contribution in [3.63, 3.8) is 0 Å². The summed E-state index contributed by atoms with van der Waals surface area (Å²) in [5, 5.41) is 9.88. The first-order chi connectivity index (χ1) is 9.24. The highest BCUT2D eigenvalue weighted by Crippen LogP contribution is 2.18. The molecule has 2 rings (SSSR count). The highest BCUT2D eigenvalue weighted by molar-refractivity contribution is 9.10. The zero-order valence-electron chi connectivity index (χ0n) is 10.5. The van der Waals surface area contributed by atoms with E-state index in [1.807, 2.05) is 42.6 Å². The average Bonchev–Trinajstić information content (AvgIpc) is 2.44. The minimum Gasteiger partial charge on any atom is -0.491 e. The molecule has 19 heavy (non-hydrogen) atoms. The van der Waals surface area contributed by atoms with Crippen LogP contribution in [-0.2, 0) is 6.42 Å². The number of pyridine rings is 1. The third-order valence-electron chi connectivity index (χ3n) is 2.73. The quantitative estimate of drug-likeness (QED) is 0.888. The maximum absolute atomic E-state index is 9.88. The van der Waals surface area contributed by atoms with Gasteiger partial charge in [-0.2, -0.15) is 0 Å². The zero-order valence-corrected chi connectivity index (χ0v) is 12.1. The van der Waals surface area contributed by atoms with Gasteiger partial charge in [-0.25, -0.2) is 0 Å². The molecular formula is C15H16BrNO2. The molecule has 0 saturated heterocycles. The number of aliphatic hydroxyl groups is 1. The summed E-state index contributed by atoms with van der Waals surface area (Å²) in [7, 11) is 0. The number of hydrogen-bond donors (Lipinski definition) is 1. The smallest absolute Gasteiger partial charge is 0.120 e. The first-order valence-corrected chi connectivity index (χ1v) is 6.98. The molecule has 0 spiro atoms. The van der Waals surface area contributed by atoms with Crippen LogP contribution in [0, 0.1) is 0 Å². The molecule has 3 nitrogen and oxygen atoms in total. The topological polar surface area (TPSA) is 42.4 Å². The molecule has 2 aromatic rings. The number of hydrogen-bond acceptors (Lipinski definition) is 3. The van der Waals surface area contributed by atoms with E-state index in [0.29, 0.717) is 13.0 Å². The molecule has 1 aromatic heterocycles. The minimum atomic E-state index is -0.473. The number of ether oxygens (including phenoxy) is 1. The van der Waals surface area contributed by atoms with Crippen molar-refractivity contribution in [2.45, 2.75) is 18.9 Å². The molecule has 0 aliphatic rings. The Morgan fingerprint density at radius 1 is 1.26 bits per heavy atom. The molecule has 1 heterocycles. The lowest BCUT2D eigenvalue weighted by molar-refractivity contribution is 0.100. The van der Waals surface area contributed by atoms with Crippen LogP contribution in [0.15, 0.2) is 53.3 Å². The molecule has 1 unspecified atom stereocenters. The van der Waals surface area contributed by atoms with Crippen LogP contribution in [0.25, 0.3) is 0 Å². The summed E-state index contributed by atoms with van der Waals surface area (Å²) < 4.78 is 6.51. The van der Waals surface area contributed by atoms with Crippen molar-refractivity contribution in [1.82, 2.24) is 4.98 Å². The lowest BCUT2D eigenvalue weighted by atomic mass is 10.1. The standard InChI is InChI=1S/C15H16BrNO2/c16-13-4-1-5-15(9-13)19-11-14(18)7-6-12-3-2-8-17-10-12/h1-5,8-10,14,18H,6-7,11H2. The van der Waals surface area contributed by atoms with Crippen LogP contribution in [0.5, 0.6) is 5.75 Å². The second kappa shape index (κ2) is 7.26. The molecule has 0 amide bonds. The fourth-order valence-electron chi connectivity index (χ4n) is 1.71. The maximum atomic E-state index is 9.88. The van der Waals surface area contributed by atoms with Crippen LogP contribution in [0.3, 0.4) is 0 Å². The Bertz CT molecular complexity index is 505. The zero-order chi connectivity index (χ0) is 13.5. The molecule has 0 aliphatic heterocycles. The third kappa shape index (κ3) is 5.01. The highest BCUT2D eigenvalue weighted by atomic mass is 79.9. The summed E-state index contributed by atoms with van der Waals surface area (Å²) in [6.45, 7) is 0.302. The molecule has 1 N–H and O–H groups in total. The summed E-state index contributed by atoms with van der Waals surface area (Å²) in [5.41, 5.74) is 1.13. The third-order valence-corrected chi connectivity index (χ3v) is 3.22. The minimum absolute atomic E-state index is 0.302. The normalized spacial score (nSPS) is 12.1. The van der Waals surface area contributed by atoms with Crippen molar-refractivity contribution in [2.75, 3.05) is 6.61 Å². The predicted octanol–water partition coefficient (Wildman–Crippen LogP) is 3.22. The van der Waals surface area contributed by atoms with Crippen molar-refractivity contribution in [1.29, 1.82) is 0 Å². The van der Waals surface area contributed by atoms with E-state index >= 15 is 0 Å². The summed E-state index contributed by atoms with van der Waals surface area (Å²) in [6.07, 6.45) is 4.56. The first kappa shape index (κ1) is 14.0. The van der Waals surface area contributed by atoms with Gasteiger partial charge in [0.2, 0.25) is 0 Å². The van der Waals surface area contributed by atoms with Crippen molar-refractivity contribution in [2.24, 2.45) is 0 Å². The number of benzene rings is 1. The fraction of sp³-hybridized carbons (Fsp3) is 0.267. The Morgan fingerprint density at radius 3 is 2.89 bits per heavy atom. The van der Waals surface area contributed by atoms with Crippen molar-refractivity contribution in [3.8, 4) is 5.75 Å². The van der Waals surface area contributed by atoms with E-state index in [1.165, 1.54) is 0 Å². The fourth-order valence-corrected chi connectivity index (χ4v) is 2.09. The van der Waals surface area contributed by atoms with E-state index in [1.54, 1.807) is 6.20 Å². The van der Waals surface area contributed by atoms with E-state index in [0.717, 1.165) is 22.2 Å². The van der Waals surface area contributed by atoms with E-state index in [4.69, 9.17) is 4.74 Å². The van der Waals surface area contributed by atoms with Gasteiger partial charge in [-0.15, -0.1) is 0 Å². The van der Waals surface area contributed by atoms with Crippen molar-refractivity contribution < 1.29 is 9.84 Å². The molecule has 0 bridgehead atoms. The van der Waals surface area contributed by atoms with Gasteiger partial charge < -0.3 is 9.84 Å². The second-order valence-electron chi connectivity index (χ2n) is 4.32. The molecule has 0 fully saturated rings. The number of nitrogens with zero attached hydrogens (tertiary/aromatic N) is 1. The Hall–Kier alpha value is -1.39. The molecule has 1 aromatic carbocycles. The summed E-state index contributed by atoms with van der Waals surface area (Å²) >= 11 is 3.38. The predicted molar refractivity (Wildman–Crippen MR) is 78.2 cm³/mol. The number of aryl methyl sites for hydroxylation is 1. The van der Waals surface area contributed by atoms with Crippen LogP contribution in [-0.4, -0.2) is 22.8 Å². The molecule has 0 saturated carbocycles. The largest absolute Gasteiger partial charge is 0.491 e. The van der Waals surface area contributed by atoms with E-state index in [-0.39, 0.29) is 0 Å². The van der Waals surface area contributed by atoms with Crippen LogP contribution < -0.4 is 4.74 Å². The van der Waals surface area contributed by atoms with Crippen LogP contribution in [0.2, 0.25) is 0 Å². The summed E-state index contributed by atoms with van der Waals surface area (Å²) in [6, 6.07) is 11.5. The van der Waals surface area contributed by atoms with Gasteiger partial charge in [-0.05, 0) is 42.7 Å². The number of halogens is 1. The van der Waals surface area contributed by atoms with Gasteiger partial charge in [-0.3, -0.25) is 4.98 Å². The monoisotopic (exact) mass is 321 g/mol. The number of aromatic nitrogens is 1. The molecular weight excluding hydrogens is 306 g/mol. The Labute approximate surface area is 121 Å². The SMILES string of the molecule is OC(CCc1cccnc1)COc1cccc(Br)c1. The lowest BCUT2D eigenvalue weighted by Crippen LogP contribution is -2.18. The summed E-state index contributed by atoms with van der Waals surface area (Å²) in [4.78, 5) is 4.05. The second-order valence-corrected chi connectivity index (χ2v) is 5.24. The molecule has 0 radical (unpaired) electrons. The van der Waals surface area contributed by atoms with E-state index in [9.17, 15) is 5.11 Å². The van der Waals surface area contributed by atoms with Gasteiger partial charge in [-0.1, -0.05) is 28.1 Å². The van der Waals surface area contributed by atoms with Gasteiger partial charge in [0.05, 0.1) is 6.10 Å². The van der Waals surface area contributed by atoms with Gasteiger partial charge >= 0.3 is 0 Å². The lowest BCUT2D eigenvalue weighted by Gasteiger charge is -2.12. The van der Waals surface area contributed by atoms with Gasteiger partial charge in [0.1, 0.15) is 12.4 Å². The average molecular weight is 322 g/mol. The van der Waals surface area contributed by atoms with Gasteiger partial charge in [0, 0.05) is 16.9 Å². The van der Waals surface area contributed by atoms with Crippen molar-refractivity contribution in [3.05, 3.63) is 58.8 Å². The number of aliphatic hydroxyl groups excluding tert-OH is 1. The molecule has 100 valence electrons. The van der Waals surface area contributed by atoms with Gasteiger partial charge in [0.15, 0.2) is 0 Å². The molecule has 4 heteroatoms. The Morgan fingerprint density at radius 2 is 2.16 bits per heavy atom. The Balaban J connectivity index is 1.74. The molecule has 1 atom stereocenters. The van der Waals surface area contributed by atoms with E-state index in [2.05, 4.69) is 20.9 Å². The van der Waals surface area contributed by atoms with Crippen LogP contribution in [0.1, 0.15) is 12.0 Å². The van der Waals surface area contributed by atoms with Gasteiger partial charge in [0.25, 0.3) is 0 Å². The molecule has 0 aliphatic carbocycles. The van der Waals surface area contributed by atoms with Crippen LogP contribution in [0.4, 0.5) is 0 Å². The van der Waals surface area contributed by atoms with Crippen molar-refractivity contribution >= 4 is 15.9 Å². The highest BCUT2D eigenvalue weighted by Gasteiger charge is 2.06. The number of rotatable bonds is 6. The first-order valence-electron chi connectivity index (χ1n) is 6.19. The Kier molecular flexibility index (Phi) is 5.36. The van der Waals surface area contributed by atoms with Crippen LogP contribution >= 0.6 is 15.9 Å². The van der Waals surface area contributed by atoms with E-state index < -0.39 is 6.10 Å². The summed E-state index contributed by atoms with van der Waals surface area (Å²) in [5.74, 6) is 0.759. The maximum Gasteiger partial charge on any atom is 0.120 e.